The van der Waals surface area contributed by atoms with Crippen LogP contribution >= 0.6 is 23.8 Å². The van der Waals surface area contributed by atoms with Gasteiger partial charge >= 0.3 is 5.69 Å². The lowest BCUT2D eigenvalue weighted by Gasteiger charge is -2.10. The molecule has 0 unspecified atom stereocenters. The Morgan fingerprint density at radius 2 is 1.84 bits per heavy atom. The number of nitrogens with one attached hydrogen (secondary N) is 2. The predicted octanol–water partition coefficient (Wildman–Crippen LogP) is 6.10. The highest BCUT2D eigenvalue weighted by atomic mass is 35.5. The number of nitro groups is 1. The zero-order valence-electron chi connectivity index (χ0n) is 18.9. The Bertz CT molecular complexity index is 1690. The summed E-state index contributed by atoms with van der Waals surface area (Å²) in [6.07, 6.45) is 0. The van der Waals surface area contributed by atoms with Gasteiger partial charge in [0, 0.05) is 27.7 Å². The lowest BCUT2D eigenvalue weighted by molar-refractivity contribution is -0.385. The van der Waals surface area contributed by atoms with Gasteiger partial charge in [-0.2, -0.15) is 0 Å². The molecule has 0 saturated heterocycles. The molecule has 0 bridgehead atoms. The van der Waals surface area contributed by atoms with Gasteiger partial charge in [0.25, 0.3) is 5.91 Å². The molecular weight excluding hydrogens is 516 g/mol. The molecule has 9 nitrogen and oxygen atoms in total. The van der Waals surface area contributed by atoms with E-state index >= 15 is 0 Å². The Labute approximate surface area is 220 Å². The van der Waals surface area contributed by atoms with Gasteiger partial charge in [-0.3, -0.25) is 20.2 Å². The highest BCUT2D eigenvalue weighted by molar-refractivity contribution is 7.80. The second-order valence-electron chi connectivity index (χ2n) is 7.86. The summed E-state index contributed by atoms with van der Waals surface area (Å²) in [5.74, 6) is -0.139. The van der Waals surface area contributed by atoms with Crippen molar-refractivity contribution in [3.63, 3.8) is 0 Å². The molecule has 0 aliphatic carbocycles. The van der Waals surface area contributed by atoms with E-state index in [9.17, 15) is 14.9 Å². The van der Waals surface area contributed by atoms with Crippen LogP contribution in [0.5, 0.6) is 5.75 Å². The summed E-state index contributed by atoms with van der Waals surface area (Å²) in [5.41, 5.74) is 2.33. The number of aromatic nitrogens is 1. The molecule has 0 radical (unpaired) electrons. The predicted molar refractivity (Wildman–Crippen MR) is 145 cm³/mol. The van der Waals surface area contributed by atoms with E-state index in [-0.39, 0.29) is 16.5 Å². The lowest BCUT2D eigenvalue weighted by atomic mass is 10.0. The van der Waals surface area contributed by atoms with Gasteiger partial charge in [-0.05, 0) is 54.0 Å². The van der Waals surface area contributed by atoms with Crippen molar-refractivity contribution in [1.29, 1.82) is 0 Å². The molecule has 11 heteroatoms. The third-order valence-electron chi connectivity index (χ3n) is 5.42. The van der Waals surface area contributed by atoms with E-state index < -0.39 is 17.4 Å². The quantitative estimate of drug-likeness (QED) is 0.153. The molecule has 1 amide bonds. The summed E-state index contributed by atoms with van der Waals surface area (Å²) in [7, 11) is 0. The number of anilines is 1. The lowest BCUT2D eigenvalue weighted by Crippen LogP contribution is -2.37. The Morgan fingerprint density at radius 3 is 2.68 bits per heavy atom. The van der Waals surface area contributed by atoms with Gasteiger partial charge in [0.15, 0.2) is 23.1 Å². The van der Waals surface area contributed by atoms with Crippen molar-refractivity contribution in [2.45, 2.75) is 0 Å². The molecule has 0 fully saturated rings. The third-order valence-corrected chi connectivity index (χ3v) is 5.95. The second kappa shape index (κ2) is 10.2. The van der Waals surface area contributed by atoms with Crippen molar-refractivity contribution in [1.82, 2.24) is 10.3 Å². The first kappa shape index (κ1) is 24.2. The number of thiocarbonyl (C=S) groups is 1. The number of halogens is 1. The SMILES string of the molecule is O=C(COc1ccccc1[N+](=O)[O-])NC(=S)Nc1ccc2oc(-c3cccc4c(Cl)cccc34)nc2c1. The Balaban J connectivity index is 1.27. The van der Waals surface area contributed by atoms with Crippen LogP contribution in [0.3, 0.4) is 0 Å². The van der Waals surface area contributed by atoms with E-state index in [1.54, 1.807) is 24.3 Å². The van der Waals surface area contributed by atoms with Gasteiger partial charge in [-0.15, -0.1) is 0 Å². The number of oxazole rings is 1. The summed E-state index contributed by atoms with van der Waals surface area (Å²) >= 11 is 11.6. The molecule has 0 aliphatic rings. The number of para-hydroxylation sites is 2. The normalized spacial score (nSPS) is 10.8. The fraction of sp³-hybridized carbons (Fsp3) is 0.0385. The second-order valence-corrected chi connectivity index (χ2v) is 8.67. The maximum absolute atomic E-state index is 12.2. The van der Waals surface area contributed by atoms with Gasteiger partial charge in [-0.1, -0.05) is 48.0 Å². The number of benzene rings is 4. The summed E-state index contributed by atoms with van der Waals surface area (Å²) in [6.45, 7) is -0.451. The molecule has 1 aromatic heterocycles. The number of carbonyl (C=O) groups excluding carboxylic acids is 1. The average Bonchev–Trinajstić information content (AvgIpc) is 3.31. The van der Waals surface area contributed by atoms with E-state index in [1.807, 2.05) is 36.4 Å². The number of rotatable bonds is 6. The van der Waals surface area contributed by atoms with E-state index in [0.717, 1.165) is 16.3 Å². The molecule has 184 valence electrons. The standard InChI is InChI=1S/C26H17ClN4O5S/c27-19-8-4-5-16-17(19)6-3-7-18(16)25-29-20-13-15(11-12-22(20)36-25)28-26(37)30-24(32)14-35-23-10-2-1-9-21(23)31(33)34/h1-13H,14H2,(H2,28,30,32,37). The number of ether oxygens (including phenoxy) is 1. The van der Waals surface area contributed by atoms with E-state index in [2.05, 4.69) is 15.6 Å². The summed E-state index contributed by atoms with van der Waals surface area (Å²) in [5, 5.41) is 19.0. The zero-order valence-corrected chi connectivity index (χ0v) is 20.5. The minimum atomic E-state index is -0.583. The maximum Gasteiger partial charge on any atom is 0.310 e. The molecule has 4 aromatic carbocycles. The maximum atomic E-state index is 12.2. The van der Waals surface area contributed by atoms with Crippen molar-refractivity contribution >= 4 is 68.1 Å². The van der Waals surface area contributed by atoms with Crippen LogP contribution in [0.25, 0.3) is 33.3 Å². The number of carbonyl (C=O) groups is 1. The first-order valence-electron chi connectivity index (χ1n) is 10.9. The minimum absolute atomic E-state index is 0.0118. The molecule has 0 aliphatic heterocycles. The van der Waals surface area contributed by atoms with Crippen molar-refractivity contribution in [3.8, 4) is 17.2 Å². The number of amides is 1. The fourth-order valence-electron chi connectivity index (χ4n) is 3.78. The number of fused-ring (bicyclic) bond motifs is 2. The van der Waals surface area contributed by atoms with Crippen LogP contribution in [-0.2, 0) is 4.79 Å². The number of nitrogens with zero attached hydrogens (tertiary/aromatic N) is 2. The van der Waals surface area contributed by atoms with Crippen molar-refractivity contribution < 1.29 is 18.9 Å². The van der Waals surface area contributed by atoms with Gasteiger partial charge in [0.1, 0.15) is 5.52 Å². The number of nitro benzene ring substituents is 1. The van der Waals surface area contributed by atoms with Crippen LogP contribution in [0.2, 0.25) is 5.02 Å². The summed E-state index contributed by atoms with van der Waals surface area (Å²) in [4.78, 5) is 27.3. The molecule has 37 heavy (non-hydrogen) atoms. The number of hydrogen-bond donors (Lipinski definition) is 2. The Hall–Kier alpha value is -4.54. The Morgan fingerprint density at radius 1 is 1.05 bits per heavy atom. The topological polar surface area (TPSA) is 120 Å². The van der Waals surface area contributed by atoms with Crippen molar-refractivity contribution in [2.75, 3.05) is 11.9 Å². The van der Waals surface area contributed by atoms with E-state index in [4.69, 9.17) is 33.0 Å². The molecule has 0 atom stereocenters. The van der Waals surface area contributed by atoms with Gasteiger partial charge in [0.05, 0.1) is 4.92 Å². The Kier molecular flexibility index (Phi) is 6.67. The first-order chi connectivity index (χ1) is 17.9. The summed E-state index contributed by atoms with van der Waals surface area (Å²) < 4.78 is 11.3. The highest BCUT2D eigenvalue weighted by Gasteiger charge is 2.16. The molecule has 0 spiro atoms. The number of hydrogen-bond acceptors (Lipinski definition) is 7. The van der Waals surface area contributed by atoms with Gasteiger partial charge in [-0.25, -0.2) is 4.98 Å². The van der Waals surface area contributed by atoms with Crippen LogP contribution in [0.15, 0.2) is 83.3 Å². The van der Waals surface area contributed by atoms with Gasteiger partial charge in [0.2, 0.25) is 5.89 Å². The minimum Gasteiger partial charge on any atom is -0.477 e. The van der Waals surface area contributed by atoms with Crippen LogP contribution in [0.1, 0.15) is 0 Å². The highest BCUT2D eigenvalue weighted by Crippen LogP contribution is 2.34. The summed E-state index contributed by atoms with van der Waals surface area (Å²) in [6, 6.07) is 22.4. The first-order valence-corrected chi connectivity index (χ1v) is 11.7. The third kappa shape index (κ3) is 5.20. The van der Waals surface area contributed by atoms with Crippen molar-refractivity contribution in [2.24, 2.45) is 0 Å². The zero-order chi connectivity index (χ0) is 25.9. The average molecular weight is 533 g/mol. The fourth-order valence-corrected chi connectivity index (χ4v) is 4.25. The molecule has 2 N–H and O–H groups in total. The van der Waals surface area contributed by atoms with E-state index in [0.29, 0.717) is 27.7 Å². The molecule has 5 rings (SSSR count). The molecule has 0 saturated carbocycles. The van der Waals surface area contributed by atoms with Crippen LogP contribution < -0.4 is 15.4 Å². The van der Waals surface area contributed by atoms with Crippen LogP contribution in [0.4, 0.5) is 11.4 Å². The van der Waals surface area contributed by atoms with E-state index in [1.165, 1.54) is 18.2 Å². The van der Waals surface area contributed by atoms with Crippen LogP contribution in [0, 0.1) is 10.1 Å². The molecular formula is C26H17ClN4O5S. The molecule has 5 aromatic rings. The van der Waals surface area contributed by atoms with Gasteiger partial charge < -0.3 is 14.5 Å². The molecule has 1 heterocycles. The largest absolute Gasteiger partial charge is 0.477 e. The monoisotopic (exact) mass is 532 g/mol. The van der Waals surface area contributed by atoms with Crippen LogP contribution in [-0.4, -0.2) is 27.5 Å². The van der Waals surface area contributed by atoms with Crippen molar-refractivity contribution in [3.05, 3.63) is 94.0 Å². The smallest absolute Gasteiger partial charge is 0.310 e.